The number of rotatable bonds is 8. The highest BCUT2D eigenvalue weighted by molar-refractivity contribution is 6.30. The molecule has 8 heteroatoms. The Morgan fingerprint density at radius 2 is 1.84 bits per heavy atom. The maximum Gasteiger partial charge on any atom is 0.257 e. The molecule has 3 aromatic rings. The first kappa shape index (κ1) is 22.5. The van der Waals surface area contributed by atoms with Crippen LogP contribution in [0.2, 0.25) is 5.02 Å². The van der Waals surface area contributed by atoms with Crippen LogP contribution in [0.3, 0.4) is 0 Å². The highest BCUT2D eigenvalue weighted by Crippen LogP contribution is 2.21. The van der Waals surface area contributed by atoms with Gasteiger partial charge >= 0.3 is 0 Å². The number of ether oxygens (including phenoxy) is 1. The summed E-state index contributed by atoms with van der Waals surface area (Å²) in [5, 5.41) is 12.7. The highest BCUT2D eigenvalue weighted by Gasteiger charge is 2.18. The van der Waals surface area contributed by atoms with Crippen LogP contribution in [0.15, 0.2) is 53.3 Å². The topological polar surface area (TPSA) is 93.4 Å². The van der Waals surface area contributed by atoms with E-state index >= 15 is 0 Å². The Morgan fingerprint density at radius 1 is 1.16 bits per heavy atom. The number of aryl methyl sites for hydroxylation is 1. The molecule has 7 nitrogen and oxygen atoms in total. The van der Waals surface area contributed by atoms with Crippen LogP contribution < -0.4 is 15.6 Å². The molecule has 0 bridgehead atoms. The number of carbonyl (C=O) groups is 1. The normalized spacial score (nSPS) is 10.7. The van der Waals surface area contributed by atoms with Crippen molar-refractivity contribution < 1.29 is 14.6 Å². The lowest BCUT2D eigenvalue weighted by molar-refractivity contribution is -0.116. The summed E-state index contributed by atoms with van der Waals surface area (Å²) in [4.78, 5) is 30.4. The van der Waals surface area contributed by atoms with Gasteiger partial charge in [0.25, 0.3) is 5.56 Å². The molecule has 3 rings (SSSR count). The molecule has 0 spiro atoms. The number of benzene rings is 2. The van der Waals surface area contributed by atoms with Crippen molar-refractivity contribution in [3.8, 4) is 17.1 Å². The minimum absolute atomic E-state index is 0.166. The maximum absolute atomic E-state index is 13.1. The first-order chi connectivity index (χ1) is 14.9. The van der Waals surface area contributed by atoms with Gasteiger partial charge in [-0.05, 0) is 62.4 Å². The van der Waals surface area contributed by atoms with Crippen LogP contribution in [-0.2, 0) is 17.8 Å². The van der Waals surface area contributed by atoms with Gasteiger partial charge < -0.3 is 15.2 Å². The Kier molecular flexibility index (Phi) is 7.44. The number of amides is 1. The monoisotopic (exact) mass is 441 g/mol. The lowest BCUT2D eigenvalue weighted by Crippen LogP contribution is -2.33. The molecule has 0 unspecified atom stereocenters. The molecule has 0 radical (unpaired) electrons. The zero-order valence-corrected chi connectivity index (χ0v) is 18.1. The fraction of sp³-hybridized carbons (Fsp3) is 0.261. The Morgan fingerprint density at radius 3 is 2.45 bits per heavy atom. The summed E-state index contributed by atoms with van der Waals surface area (Å²) >= 11 is 5.98. The van der Waals surface area contributed by atoms with Gasteiger partial charge in [0, 0.05) is 40.6 Å². The van der Waals surface area contributed by atoms with E-state index in [1.807, 2.05) is 6.92 Å². The number of hydrogen-bond acceptors (Lipinski definition) is 5. The van der Waals surface area contributed by atoms with E-state index in [0.717, 1.165) is 0 Å². The average molecular weight is 442 g/mol. The molecule has 0 aliphatic heterocycles. The van der Waals surface area contributed by atoms with E-state index < -0.39 is 0 Å². The van der Waals surface area contributed by atoms with Crippen LogP contribution in [0.5, 0.6) is 5.75 Å². The summed E-state index contributed by atoms with van der Waals surface area (Å²) in [5.41, 5.74) is 1.80. The van der Waals surface area contributed by atoms with Crippen LogP contribution >= 0.6 is 11.6 Å². The number of nitrogens with zero attached hydrogens (tertiary/aromatic N) is 2. The fourth-order valence-corrected chi connectivity index (χ4v) is 3.34. The van der Waals surface area contributed by atoms with E-state index in [1.54, 1.807) is 55.5 Å². The van der Waals surface area contributed by atoms with E-state index in [0.29, 0.717) is 45.7 Å². The number of anilines is 1. The number of aliphatic hydroxyl groups is 1. The minimum atomic E-state index is -0.373. The average Bonchev–Trinajstić information content (AvgIpc) is 2.75. The lowest BCUT2D eigenvalue weighted by Gasteiger charge is -2.16. The van der Waals surface area contributed by atoms with Crippen molar-refractivity contribution >= 4 is 23.2 Å². The van der Waals surface area contributed by atoms with Crippen LogP contribution in [-0.4, -0.2) is 33.8 Å². The standard InChI is InChI=1S/C23H24ClN3O4/c1-3-31-19-10-8-18(9-11-19)26-21(29)14-27-22(16-4-6-17(24)7-5-16)25-15(2)20(12-13-28)23(27)30/h4-11,28H,3,12-14H2,1-2H3,(H,26,29). The third-order valence-corrected chi connectivity index (χ3v) is 4.94. The molecule has 2 N–H and O–H groups in total. The van der Waals surface area contributed by atoms with E-state index in [4.69, 9.17) is 16.3 Å². The van der Waals surface area contributed by atoms with E-state index in [9.17, 15) is 14.7 Å². The molecule has 0 atom stereocenters. The predicted octanol–water partition coefficient (Wildman–Crippen LogP) is 3.44. The Hall–Kier alpha value is -3.16. The number of aromatic nitrogens is 2. The zero-order valence-electron chi connectivity index (χ0n) is 17.4. The predicted molar refractivity (Wildman–Crippen MR) is 121 cm³/mol. The molecule has 0 saturated carbocycles. The van der Waals surface area contributed by atoms with Gasteiger partial charge in [0.1, 0.15) is 18.1 Å². The third-order valence-electron chi connectivity index (χ3n) is 4.68. The van der Waals surface area contributed by atoms with Gasteiger partial charge in [-0.15, -0.1) is 0 Å². The van der Waals surface area contributed by atoms with Gasteiger partial charge in [-0.3, -0.25) is 14.2 Å². The highest BCUT2D eigenvalue weighted by atomic mass is 35.5. The summed E-state index contributed by atoms with van der Waals surface area (Å²) in [6.07, 6.45) is 0.166. The van der Waals surface area contributed by atoms with Gasteiger partial charge in [-0.1, -0.05) is 11.6 Å². The molecular weight excluding hydrogens is 418 g/mol. The van der Waals surface area contributed by atoms with Crippen molar-refractivity contribution in [1.82, 2.24) is 9.55 Å². The largest absolute Gasteiger partial charge is 0.494 e. The molecule has 1 amide bonds. The summed E-state index contributed by atoms with van der Waals surface area (Å²) in [7, 11) is 0. The number of nitrogens with one attached hydrogen (secondary N) is 1. The van der Waals surface area contributed by atoms with E-state index in [2.05, 4.69) is 10.3 Å². The molecule has 0 aliphatic carbocycles. The molecule has 0 saturated heterocycles. The zero-order chi connectivity index (χ0) is 22.4. The molecular formula is C23H24ClN3O4. The van der Waals surface area contributed by atoms with Crippen LogP contribution in [0.1, 0.15) is 18.2 Å². The van der Waals surface area contributed by atoms with Crippen molar-refractivity contribution in [1.29, 1.82) is 0 Å². The van der Waals surface area contributed by atoms with Crippen molar-refractivity contribution in [2.75, 3.05) is 18.5 Å². The molecule has 1 heterocycles. The van der Waals surface area contributed by atoms with Crippen LogP contribution in [0, 0.1) is 6.92 Å². The lowest BCUT2D eigenvalue weighted by atomic mass is 10.1. The molecule has 0 aliphatic rings. The SMILES string of the molecule is CCOc1ccc(NC(=O)Cn2c(-c3ccc(Cl)cc3)nc(C)c(CCO)c2=O)cc1. The van der Waals surface area contributed by atoms with Crippen LogP contribution in [0.25, 0.3) is 11.4 Å². The van der Waals surface area contributed by atoms with E-state index in [1.165, 1.54) is 4.57 Å². The van der Waals surface area contributed by atoms with Crippen molar-refractivity contribution in [2.24, 2.45) is 0 Å². The summed E-state index contributed by atoms with van der Waals surface area (Å²) < 4.78 is 6.73. The molecule has 162 valence electrons. The molecule has 0 fully saturated rings. The molecule has 2 aromatic carbocycles. The second-order valence-electron chi connectivity index (χ2n) is 6.88. The summed E-state index contributed by atoms with van der Waals surface area (Å²) in [6.45, 7) is 3.76. The Labute approximate surface area is 185 Å². The van der Waals surface area contributed by atoms with Crippen molar-refractivity contribution in [3.63, 3.8) is 0 Å². The van der Waals surface area contributed by atoms with Gasteiger partial charge in [0.2, 0.25) is 5.91 Å². The maximum atomic E-state index is 13.1. The third kappa shape index (κ3) is 5.51. The van der Waals surface area contributed by atoms with Crippen molar-refractivity contribution in [2.45, 2.75) is 26.8 Å². The number of halogens is 1. The second kappa shape index (κ2) is 10.2. The minimum Gasteiger partial charge on any atom is -0.494 e. The van der Waals surface area contributed by atoms with Crippen molar-refractivity contribution in [3.05, 3.63) is 75.2 Å². The van der Waals surface area contributed by atoms with E-state index in [-0.39, 0.29) is 31.0 Å². The number of aliphatic hydroxyl groups excluding tert-OH is 1. The molecule has 31 heavy (non-hydrogen) atoms. The fourth-order valence-electron chi connectivity index (χ4n) is 3.21. The van der Waals surface area contributed by atoms with Gasteiger partial charge in [-0.25, -0.2) is 4.98 Å². The van der Waals surface area contributed by atoms with Gasteiger partial charge in [0.05, 0.1) is 6.61 Å². The summed E-state index contributed by atoms with van der Waals surface area (Å²) in [5.74, 6) is 0.697. The Balaban J connectivity index is 1.93. The van der Waals surface area contributed by atoms with Crippen LogP contribution in [0.4, 0.5) is 5.69 Å². The second-order valence-corrected chi connectivity index (χ2v) is 7.31. The van der Waals surface area contributed by atoms with Gasteiger partial charge in [-0.2, -0.15) is 0 Å². The first-order valence-corrected chi connectivity index (χ1v) is 10.3. The summed E-state index contributed by atoms with van der Waals surface area (Å²) in [6, 6.07) is 13.9. The molecule has 1 aromatic heterocycles. The van der Waals surface area contributed by atoms with Gasteiger partial charge in [0.15, 0.2) is 0 Å². The Bertz CT molecular complexity index is 1110. The first-order valence-electron chi connectivity index (χ1n) is 9.92. The quantitative estimate of drug-likeness (QED) is 0.558. The number of carbonyl (C=O) groups excluding carboxylic acids is 1. The smallest absolute Gasteiger partial charge is 0.257 e. The number of hydrogen-bond donors (Lipinski definition) is 2.